The van der Waals surface area contributed by atoms with Crippen molar-refractivity contribution in [3.8, 4) is 0 Å². The highest BCUT2D eigenvalue weighted by Gasteiger charge is 2.23. The van der Waals surface area contributed by atoms with E-state index in [0.717, 1.165) is 0 Å². The Morgan fingerprint density at radius 3 is 2.93 bits per heavy atom. The SMILES string of the molecule is OC1CCN(c2cccc(Cl)c2F)C1. The van der Waals surface area contributed by atoms with Crippen LogP contribution >= 0.6 is 11.6 Å². The first kappa shape index (κ1) is 9.74. The summed E-state index contributed by atoms with van der Waals surface area (Å²) in [5.74, 6) is -0.400. The number of benzene rings is 1. The van der Waals surface area contributed by atoms with Gasteiger partial charge in [0.2, 0.25) is 0 Å². The van der Waals surface area contributed by atoms with Gasteiger partial charge >= 0.3 is 0 Å². The molecule has 0 aromatic heterocycles. The molecule has 1 heterocycles. The van der Waals surface area contributed by atoms with Crippen molar-refractivity contribution in [1.29, 1.82) is 0 Å². The summed E-state index contributed by atoms with van der Waals surface area (Å²) in [7, 11) is 0. The molecule has 0 amide bonds. The standard InChI is InChI=1S/C10H11ClFNO/c11-8-2-1-3-9(10(8)12)13-5-4-7(14)6-13/h1-3,7,14H,4-6H2. The topological polar surface area (TPSA) is 23.5 Å². The summed E-state index contributed by atoms with van der Waals surface area (Å²) in [6.07, 6.45) is 0.333. The number of aliphatic hydroxyl groups excluding tert-OH is 1. The van der Waals surface area contributed by atoms with Crippen LogP contribution in [0.5, 0.6) is 0 Å². The maximum Gasteiger partial charge on any atom is 0.165 e. The zero-order chi connectivity index (χ0) is 10.1. The van der Waals surface area contributed by atoms with Crippen molar-refractivity contribution in [2.45, 2.75) is 12.5 Å². The number of halogens is 2. The van der Waals surface area contributed by atoms with Crippen molar-refractivity contribution in [3.05, 3.63) is 29.0 Å². The van der Waals surface area contributed by atoms with Gasteiger partial charge in [0.15, 0.2) is 5.82 Å². The molecule has 1 fully saturated rings. The van der Waals surface area contributed by atoms with Gasteiger partial charge < -0.3 is 10.0 Å². The zero-order valence-corrected chi connectivity index (χ0v) is 8.34. The third-order valence-electron chi connectivity index (χ3n) is 2.44. The Bertz CT molecular complexity index is 345. The summed E-state index contributed by atoms with van der Waals surface area (Å²) < 4.78 is 13.5. The number of hydrogen-bond acceptors (Lipinski definition) is 2. The minimum atomic E-state index is -0.400. The molecule has 76 valence electrons. The molecule has 0 aliphatic carbocycles. The summed E-state index contributed by atoms with van der Waals surface area (Å²) in [5.41, 5.74) is 0.481. The van der Waals surface area contributed by atoms with Crippen LogP contribution in [0.15, 0.2) is 18.2 Å². The molecule has 2 rings (SSSR count). The third-order valence-corrected chi connectivity index (χ3v) is 2.73. The molecule has 0 saturated carbocycles. The molecule has 1 saturated heterocycles. The van der Waals surface area contributed by atoms with Gasteiger partial charge in [0.25, 0.3) is 0 Å². The molecule has 0 bridgehead atoms. The number of β-amino-alcohol motifs (C(OH)–C–C–N with tert-alkyl or cyclic N) is 1. The first-order chi connectivity index (χ1) is 6.68. The molecule has 0 spiro atoms. The average Bonchev–Trinajstić information content (AvgIpc) is 2.57. The fourth-order valence-corrected chi connectivity index (χ4v) is 1.87. The normalized spacial score (nSPS) is 21.6. The Labute approximate surface area is 86.9 Å². The maximum absolute atomic E-state index is 13.5. The van der Waals surface area contributed by atoms with Crippen molar-refractivity contribution >= 4 is 17.3 Å². The number of rotatable bonds is 1. The lowest BCUT2D eigenvalue weighted by molar-refractivity contribution is 0.198. The van der Waals surface area contributed by atoms with Crippen LogP contribution in [0.25, 0.3) is 0 Å². The molecule has 1 aromatic rings. The molecule has 1 atom stereocenters. The van der Waals surface area contributed by atoms with E-state index in [4.69, 9.17) is 11.6 Å². The van der Waals surface area contributed by atoms with Crippen LogP contribution in [-0.2, 0) is 0 Å². The Morgan fingerprint density at radius 2 is 2.29 bits per heavy atom. The van der Waals surface area contributed by atoms with Crippen LogP contribution < -0.4 is 4.90 Å². The highest BCUT2D eigenvalue weighted by Crippen LogP contribution is 2.27. The summed E-state index contributed by atoms with van der Waals surface area (Å²) in [5, 5.41) is 9.45. The van der Waals surface area contributed by atoms with E-state index >= 15 is 0 Å². The zero-order valence-electron chi connectivity index (χ0n) is 7.58. The smallest absolute Gasteiger partial charge is 0.165 e. The van der Waals surface area contributed by atoms with E-state index in [2.05, 4.69) is 0 Å². The van der Waals surface area contributed by atoms with Crippen molar-refractivity contribution in [3.63, 3.8) is 0 Å². The van der Waals surface area contributed by atoms with Crippen LogP contribution in [0.4, 0.5) is 10.1 Å². The van der Waals surface area contributed by atoms with Crippen molar-refractivity contribution in [2.75, 3.05) is 18.0 Å². The number of aliphatic hydroxyl groups is 1. The monoisotopic (exact) mass is 215 g/mol. The van der Waals surface area contributed by atoms with Crippen LogP contribution in [0.1, 0.15) is 6.42 Å². The molecule has 2 nitrogen and oxygen atoms in total. The summed E-state index contributed by atoms with van der Waals surface area (Å²) in [6.45, 7) is 1.16. The molecule has 1 aliphatic rings. The Hall–Kier alpha value is -0.800. The second-order valence-electron chi connectivity index (χ2n) is 3.46. The number of hydrogen-bond donors (Lipinski definition) is 1. The predicted octanol–water partition coefficient (Wildman–Crippen LogP) is 2.05. The number of anilines is 1. The van der Waals surface area contributed by atoms with Gasteiger partial charge in [-0.3, -0.25) is 0 Å². The largest absolute Gasteiger partial charge is 0.391 e. The van der Waals surface area contributed by atoms with Gasteiger partial charge in [0.1, 0.15) is 0 Å². The second-order valence-corrected chi connectivity index (χ2v) is 3.87. The highest BCUT2D eigenvalue weighted by molar-refractivity contribution is 6.31. The van der Waals surface area contributed by atoms with E-state index in [1.54, 1.807) is 12.1 Å². The van der Waals surface area contributed by atoms with E-state index in [9.17, 15) is 9.50 Å². The van der Waals surface area contributed by atoms with Crippen LogP contribution in [0.2, 0.25) is 5.02 Å². The molecule has 1 aliphatic heterocycles. The minimum Gasteiger partial charge on any atom is -0.391 e. The van der Waals surface area contributed by atoms with E-state index in [0.29, 0.717) is 25.2 Å². The van der Waals surface area contributed by atoms with Crippen LogP contribution in [0.3, 0.4) is 0 Å². The van der Waals surface area contributed by atoms with Crippen LogP contribution in [0, 0.1) is 5.82 Å². The molecular weight excluding hydrogens is 205 g/mol. The third kappa shape index (κ3) is 1.70. The van der Waals surface area contributed by atoms with Gasteiger partial charge in [-0.1, -0.05) is 17.7 Å². The van der Waals surface area contributed by atoms with Crippen molar-refractivity contribution in [2.24, 2.45) is 0 Å². The fraction of sp³-hybridized carbons (Fsp3) is 0.400. The lowest BCUT2D eigenvalue weighted by Crippen LogP contribution is -2.22. The van der Waals surface area contributed by atoms with E-state index in [1.807, 2.05) is 4.90 Å². The first-order valence-corrected chi connectivity index (χ1v) is 4.93. The number of nitrogens with zero attached hydrogens (tertiary/aromatic N) is 1. The predicted molar refractivity (Wildman–Crippen MR) is 54.2 cm³/mol. The fourth-order valence-electron chi connectivity index (χ4n) is 1.70. The minimum absolute atomic E-state index is 0.129. The molecule has 1 aromatic carbocycles. The maximum atomic E-state index is 13.5. The molecule has 1 unspecified atom stereocenters. The molecule has 4 heteroatoms. The first-order valence-electron chi connectivity index (χ1n) is 4.55. The summed E-state index contributed by atoms with van der Waals surface area (Å²) in [4.78, 5) is 1.81. The molecule has 1 N–H and O–H groups in total. The summed E-state index contributed by atoms with van der Waals surface area (Å²) >= 11 is 5.66. The molecule has 14 heavy (non-hydrogen) atoms. The van der Waals surface area contributed by atoms with E-state index < -0.39 is 5.82 Å². The van der Waals surface area contributed by atoms with E-state index in [1.165, 1.54) is 6.07 Å². The molecule has 0 radical (unpaired) electrons. The lowest BCUT2D eigenvalue weighted by Gasteiger charge is -2.18. The van der Waals surface area contributed by atoms with Gasteiger partial charge in [-0.05, 0) is 18.6 Å². The van der Waals surface area contributed by atoms with E-state index in [-0.39, 0.29) is 11.1 Å². The Balaban J connectivity index is 2.28. The Morgan fingerprint density at radius 1 is 1.50 bits per heavy atom. The van der Waals surface area contributed by atoms with Gasteiger partial charge in [-0.2, -0.15) is 0 Å². The highest BCUT2D eigenvalue weighted by atomic mass is 35.5. The second kappa shape index (κ2) is 3.75. The quantitative estimate of drug-likeness (QED) is 0.775. The average molecular weight is 216 g/mol. The lowest BCUT2D eigenvalue weighted by atomic mass is 10.3. The van der Waals surface area contributed by atoms with Crippen LogP contribution in [-0.4, -0.2) is 24.3 Å². The van der Waals surface area contributed by atoms with Gasteiger partial charge in [-0.25, -0.2) is 4.39 Å². The van der Waals surface area contributed by atoms with Gasteiger partial charge in [-0.15, -0.1) is 0 Å². The van der Waals surface area contributed by atoms with Gasteiger partial charge in [0.05, 0.1) is 16.8 Å². The van der Waals surface area contributed by atoms with Crippen molar-refractivity contribution < 1.29 is 9.50 Å². The van der Waals surface area contributed by atoms with Gasteiger partial charge in [0, 0.05) is 13.1 Å². The Kier molecular flexibility index (Phi) is 2.61. The van der Waals surface area contributed by atoms with Crippen molar-refractivity contribution in [1.82, 2.24) is 0 Å². The molecular formula is C10H11ClFNO. The summed E-state index contributed by atoms with van der Waals surface area (Å²) in [6, 6.07) is 4.91.